The molecule has 0 amide bonds. The smallest absolute Gasteiger partial charge is 0.118 e. The first-order valence-corrected chi connectivity index (χ1v) is 7.20. The number of halogens is 1. The minimum atomic E-state index is 0. The first kappa shape index (κ1) is 15.9. The summed E-state index contributed by atoms with van der Waals surface area (Å²) in [5.74, 6) is 1.48. The standard InChI is InChI=1S/C18H21NO.ClH/c1-19-18-12-14-5-3-4-6-16(14)17(18)11-13-7-9-15(20-2)10-8-13;/h3-10,17-19H,11-12H2,1-2H3;1H. The molecule has 2 unspecified atom stereocenters. The summed E-state index contributed by atoms with van der Waals surface area (Å²) in [5.41, 5.74) is 4.36. The molecule has 1 N–H and O–H groups in total. The van der Waals surface area contributed by atoms with Crippen LogP contribution in [-0.2, 0) is 12.8 Å². The molecule has 0 bridgehead atoms. The monoisotopic (exact) mass is 303 g/mol. The van der Waals surface area contributed by atoms with Crippen molar-refractivity contribution in [3.8, 4) is 5.75 Å². The van der Waals surface area contributed by atoms with Gasteiger partial charge in [-0.05, 0) is 48.7 Å². The van der Waals surface area contributed by atoms with Gasteiger partial charge in [-0.25, -0.2) is 0 Å². The predicted octanol–water partition coefficient (Wildman–Crippen LogP) is 3.59. The van der Waals surface area contributed by atoms with Crippen molar-refractivity contribution in [2.75, 3.05) is 14.2 Å². The molecular weight excluding hydrogens is 282 g/mol. The maximum atomic E-state index is 5.23. The van der Waals surface area contributed by atoms with Crippen molar-refractivity contribution in [3.05, 3.63) is 65.2 Å². The van der Waals surface area contributed by atoms with E-state index >= 15 is 0 Å². The minimum Gasteiger partial charge on any atom is -0.497 e. The number of hydrogen-bond acceptors (Lipinski definition) is 2. The number of rotatable bonds is 4. The van der Waals surface area contributed by atoms with E-state index in [2.05, 4.69) is 48.8 Å². The van der Waals surface area contributed by atoms with Crippen LogP contribution in [0.25, 0.3) is 0 Å². The summed E-state index contributed by atoms with van der Waals surface area (Å²) in [6.45, 7) is 0. The van der Waals surface area contributed by atoms with Crippen LogP contribution in [0, 0.1) is 0 Å². The fourth-order valence-electron chi connectivity index (χ4n) is 3.25. The Bertz CT molecular complexity index is 582. The second-order valence-corrected chi connectivity index (χ2v) is 5.46. The Labute approximate surface area is 132 Å². The number of ether oxygens (including phenoxy) is 1. The number of hydrogen-bond donors (Lipinski definition) is 1. The van der Waals surface area contributed by atoms with Crippen LogP contribution in [0.15, 0.2) is 48.5 Å². The summed E-state index contributed by atoms with van der Waals surface area (Å²) in [6.07, 6.45) is 2.21. The fourth-order valence-corrected chi connectivity index (χ4v) is 3.25. The summed E-state index contributed by atoms with van der Waals surface area (Å²) in [5, 5.41) is 3.48. The highest BCUT2D eigenvalue weighted by Crippen LogP contribution is 2.35. The van der Waals surface area contributed by atoms with Gasteiger partial charge in [-0.15, -0.1) is 12.4 Å². The van der Waals surface area contributed by atoms with Gasteiger partial charge in [-0.3, -0.25) is 0 Å². The molecule has 2 aromatic rings. The van der Waals surface area contributed by atoms with E-state index in [0.29, 0.717) is 12.0 Å². The van der Waals surface area contributed by atoms with E-state index in [-0.39, 0.29) is 12.4 Å². The third-order valence-corrected chi connectivity index (χ3v) is 4.37. The quantitative estimate of drug-likeness (QED) is 0.932. The lowest BCUT2D eigenvalue weighted by molar-refractivity contribution is 0.414. The Morgan fingerprint density at radius 2 is 1.81 bits per heavy atom. The van der Waals surface area contributed by atoms with Crippen molar-refractivity contribution in [2.45, 2.75) is 24.8 Å². The van der Waals surface area contributed by atoms with Crippen LogP contribution in [-0.4, -0.2) is 20.2 Å². The number of fused-ring (bicyclic) bond motifs is 1. The van der Waals surface area contributed by atoms with Crippen LogP contribution in [0.5, 0.6) is 5.75 Å². The molecule has 0 aliphatic heterocycles. The Kier molecular flexibility index (Phi) is 5.27. The van der Waals surface area contributed by atoms with Gasteiger partial charge in [-0.1, -0.05) is 36.4 Å². The van der Waals surface area contributed by atoms with Gasteiger partial charge in [0, 0.05) is 12.0 Å². The Morgan fingerprint density at radius 3 is 2.48 bits per heavy atom. The summed E-state index contributed by atoms with van der Waals surface area (Å²) in [6, 6.07) is 17.8. The molecule has 0 spiro atoms. The molecule has 0 aromatic heterocycles. The minimum absolute atomic E-state index is 0. The lowest BCUT2D eigenvalue weighted by Crippen LogP contribution is -2.30. The molecule has 0 radical (unpaired) electrons. The summed E-state index contributed by atoms with van der Waals surface area (Å²) in [7, 11) is 3.77. The van der Waals surface area contributed by atoms with E-state index in [1.807, 2.05) is 12.1 Å². The van der Waals surface area contributed by atoms with Crippen molar-refractivity contribution in [1.29, 1.82) is 0 Å². The highest BCUT2D eigenvalue weighted by molar-refractivity contribution is 5.85. The zero-order valence-corrected chi connectivity index (χ0v) is 13.3. The van der Waals surface area contributed by atoms with E-state index in [9.17, 15) is 0 Å². The molecule has 1 aliphatic carbocycles. The van der Waals surface area contributed by atoms with Gasteiger partial charge in [-0.2, -0.15) is 0 Å². The maximum Gasteiger partial charge on any atom is 0.118 e. The fraction of sp³-hybridized carbons (Fsp3) is 0.333. The Morgan fingerprint density at radius 1 is 1.10 bits per heavy atom. The van der Waals surface area contributed by atoms with Gasteiger partial charge >= 0.3 is 0 Å². The van der Waals surface area contributed by atoms with Crippen LogP contribution >= 0.6 is 12.4 Å². The molecule has 0 heterocycles. The van der Waals surface area contributed by atoms with Crippen LogP contribution in [0.1, 0.15) is 22.6 Å². The zero-order chi connectivity index (χ0) is 13.9. The number of nitrogens with one attached hydrogen (secondary N) is 1. The third kappa shape index (κ3) is 3.22. The van der Waals surface area contributed by atoms with E-state index in [1.54, 1.807) is 7.11 Å². The van der Waals surface area contributed by atoms with Crippen molar-refractivity contribution >= 4 is 12.4 Å². The Hall–Kier alpha value is -1.51. The maximum absolute atomic E-state index is 5.23. The first-order valence-electron chi connectivity index (χ1n) is 7.20. The molecule has 0 saturated carbocycles. The average Bonchev–Trinajstić information content (AvgIpc) is 2.86. The summed E-state index contributed by atoms with van der Waals surface area (Å²) >= 11 is 0. The van der Waals surface area contributed by atoms with Gasteiger partial charge in [0.15, 0.2) is 0 Å². The van der Waals surface area contributed by atoms with E-state index in [0.717, 1.165) is 18.6 Å². The number of likely N-dealkylation sites (N-methyl/N-ethyl adjacent to an activating group) is 1. The molecular formula is C18H22ClNO. The molecule has 2 nitrogen and oxygen atoms in total. The van der Waals surface area contributed by atoms with E-state index in [1.165, 1.54) is 16.7 Å². The summed E-state index contributed by atoms with van der Waals surface area (Å²) < 4.78 is 5.23. The molecule has 0 fully saturated rings. The third-order valence-electron chi connectivity index (χ3n) is 4.37. The highest BCUT2D eigenvalue weighted by atomic mass is 35.5. The van der Waals surface area contributed by atoms with E-state index < -0.39 is 0 Å². The van der Waals surface area contributed by atoms with Crippen molar-refractivity contribution in [1.82, 2.24) is 5.32 Å². The average molecular weight is 304 g/mol. The van der Waals surface area contributed by atoms with Gasteiger partial charge in [0.25, 0.3) is 0 Å². The van der Waals surface area contributed by atoms with Crippen LogP contribution in [0.3, 0.4) is 0 Å². The van der Waals surface area contributed by atoms with Crippen molar-refractivity contribution < 1.29 is 4.74 Å². The van der Waals surface area contributed by atoms with Gasteiger partial charge in [0.05, 0.1) is 7.11 Å². The van der Waals surface area contributed by atoms with Crippen LogP contribution in [0.2, 0.25) is 0 Å². The zero-order valence-electron chi connectivity index (χ0n) is 12.5. The highest BCUT2D eigenvalue weighted by Gasteiger charge is 2.30. The normalized spacial score (nSPS) is 19.7. The molecule has 2 aromatic carbocycles. The first-order chi connectivity index (χ1) is 9.81. The molecule has 1 aliphatic rings. The van der Waals surface area contributed by atoms with E-state index in [4.69, 9.17) is 4.74 Å². The topological polar surface area (TPSA) is 21.3 Å². The van der Waals surface area contributed by atoms with Gasteiger partial charge in [0.1, 0.15) is 5.75 Å². The Balaban J connectivity index is 0.00000161. The van der Waals surface area contributed by atoms with Gasteiger partial charge in [0.2, 0.25) is 0 Å². The van der Waals surface area contributed by atoms with Gasteiger partial charge < -0.3 is 10.1 Å². The molecule has 2 atom stereocenters. The number of benzene rings is 2. The second kappa shape index (κ2) is 6.97. The second-order valence-electron chi connectivity index (χ2n) is 5.46. The predicted molar refractivity (Wildman–Crippen MR) is 89.7 cm³/mol. The molecule has 112 valence electrons. The van der Waals surface area contributed by atoms with Crippen molar-refractivity contribution in [3.63, 3.8) is 0 Å². The largest absolute Gasteiger partial charge is 0.497 e. The lowest BCUT2D eigenvalue weighted by atomic mass is 9.91. The summed E-state index contributed by atoms with van der Waals surface area (Å²) in [4.78, 5) is 0. The molecule has 0 saturated heterocycles. The molecule has 3 rings (SSSR count). The van der Waals surface area contributed by atoms with Crippen LogP contribution < -0.4 is 10.1 Å². The SMILES string of the molecule is CNC1Cc2ccccc2C1Cc1ccc(OC)cc1.Cl. The van der Waals surface area contributed by atoms with Crippen molar-refractivity contribution in [2.24, 2.45) is 0 Å². The molecule has 21 heavy (non-hydrogen) atoms. The lowest BCUT2D eigenvalue weighted by Gasteiger charge is -2.20. The number of methoxy groups -OCH3 is 1. The van der Waals surface area contributed by atoms with Crippen LogP contribution in [0.4, 0.5) is 0 Å². The molecule has 3 heteroatoms.